The molecule has 5 heteroatoms. The Morgan fingerprint density at radius 2 is 1.04 bits per heavy atom. The Kier molecular flexibility index (Phi) is 5.32. The van der Waals surface area contributed by atoms with Crippen LogP contribution in [0.4, 0.5) is 0 Å². The lowest BCUT2D eigenvalue weighted by atomic mass is 10.0. The van der Waals surface area contributed by atoms with Crippen molar-refractivity contribution in [3.05, 3.63) is 140 Å². The van der Waals surface area contributed by atoms with Gasteiger partial charge in [0.25, 0.3) is 0 Å². The minimum Gasteiger partial charge on any atom is -0.278 e. The number of rotatable bonds is 3. The highest BCUT2D eigenvalue weighted by molar-refractivity contribution is 7.27. The third-order valence-electron chi connectivity index (χ3n) is 8.85. The number of nitrogens with zero attached hydrogens (tertiary/aromatic N) is 3. The van der Waals surface area contributed by atoms with Crippen molar-refractivity contribution in [3.8, 4) is 28.3 Å². The summed E-state index contributed by atoms with van der Waals surface area (Å²) in [7, 11) is 0. The van der Waals surface area contributed by atoms with E-state index in [0.717, 1.165) is 37.9 Å². The second-order valence-corrected chi connectivity index (χ2v) is 13.5. The van der Waals surface area contributed by atoms with Gasteiger partial charge in [0.15, 0.2) is 0 Å². The Bertz CT molecular complexity index is 2750. The van der Waals surface area contributed by atoms with E-state index in [1.54, 1.807) is 11.3 Å². The lowest BCUT2D eigenvalue weighted by molar-refractivity contribution is 1.02. The molecule has 0 aliphatic carbocycles. The average Bonchev–Trinajstić information content (AvgIpc) is 3.78. The van der Waals surface area contributed by atoms with E-state index in [0.29, 0.717) is 5.95 Å². The van der Waals surface area contributed by atoms with Gasteiger partial charge in [-0.05, 0) is 35.4 Å². The van der Waals surface area contributed by atoms with Crippen LogP contribution in [0.25, 0.3) is 90.6 Å². The maximum atomic E-state index is 5.40. The van der Waals surface area contributed by atoms with Crippen molar-refractivity contribution < 1.29 is 0 Å². The number of hydrogen-bond acceptors (Lipinski definition) is 4. The van der Waals surface area contributed by atoms with Crippen LogP contribution in [0.2, 0.25) is 0 Å². The minimum absolute atomic E-state index is 0.694. The third-order valence-corrected chi connectivity index (χ3v) is 11.2. The number of benzene rings is 6. The topological polar surface area (TPSA) is 30.7 Å². The summed E-state index contributed by atoms with van der Waals surface area (Å²) in [4.78, 5) is 10.7. The zero-order valence-electron chi connectivity index (χ0n) is 23.9. The molecule has 0 aliphatic rings. The van der Waals surface area contributed by atoms with Gasteiger partial charge in [0.2, 0.25) is 5.95 Å². The fourth-order valence-electron chi connectivity index (χ4n) is 6.78. The summed E-state index contributed by atoms with van der Waals surface area (Å²) in [5.41, 5.74) is 7.68. The van der Waals surface area contributed by atoms with Crippen molar-refractivity contribution in [2.24, 2.45) is 0 Å². The van der Waals surface area contributed by atoms with Crippen LogP contribution in [0.5, 0.6) is 0 Å². The van der Waals surface area contributed by atoms with Crippen molar-refractivity contribution in [2.45, 2.75) is 0 Å². The predicted octanol–water partition coefficient (Wildman–Crippen LogP) is 11.6. The fourth-order valence-corrected chi connectivity index (χ4v) is 9.19. The summed E-state index contributed by atoms with van der Waals surface area (Å²) in [6.45, 7) is 0. The average molecular weight is 610 g/mol. The maximum absolute atomic E-state index is 5.40. The van der Waals surface area contributed by atoms with Crippen molar-refractivity contribution in [2.75, 3.05) is 0 Å². The summed E-state index contributed by atoms with van der Waals surface area (Å²) in [6.07, 6.45) is 0. The molecular weight excluding hydrogens is 587 g/mol. The Hall–Kier alpha value is -5.36. The van der Waals surface area contributed by atoms with Gasteiger partial charge in [0.05, 0.1) is 26.9 Å². The van der Waals surface area contributed by atoms with E-state index in [4.69, 9.17) is 9.97 Å². The fraction of sp³-hybridized carbons (Fsp3) is 0. The lowest BCUT2D eigenvalue weighted by Gasteiger charge is -2.11. The standard InChI is InChI=1S/C40H23N3S2/c1-2-10-24(11-3-1)25-18-20-26(21-19-25)36-39-37(30-14-6-9-17-34(30)45-39)42-40(41-36)43-31-15-7-4-13-29(31)35-32(43)23-22-28-27-12-5-8-16-33(27)44-38(28)35/h1-23H. The van der Waals surface area contributed by atoms with Gasteiger partial charge >= 0.3 is 0 Å². The first-order valence-electron chi connectivity index (χ1n) is 15.0. The van der Waals surface area contributed by atoms with E-state index < -0.39 is 0 Å². The molecule has 45 heavy (non-hydrogen) atoms. The second-order valence-electron chi connectivity index (χ2n) is 11.4. The highest BCUT2D eigenvalue weighted by Crippen LogP contribution is 2.44. The molecule has 0 bridgehead atoms. The van der Waals surface area contributed by atoms with Gasteiger partial charge in [-0.2, -0.15) is 0 Å². The third kappa shape index (κ3) is 3.69. The Morgan fingerprint density at radius 3 is 1.87 bits per heavy atom. The number of thiophene rings is 2. The van der Waals surface area contributed by atoms with Crippen molar-refractivity contribution in [1.29, 1.82) is 0 Å². The predicted molar refractivity (Wildman–Crippen MR) is 193 cm³/mol. The lowest BCUT2D eigenvalue weighted by Crippen LogP contribution is -2.02. The number of aromatic nitrogens is 3. The quantitative estimate of drug-likeness (QED) is 0.199. The van der Waals surface area contributed by atoms with Crippen LogP contribution in [-0.4, -0.2) is 14.5 Å². The molecule has 6 aromatic carbocycles. The summed E-state index contributed by atoms with van der Waals surface area (Å²) < 4.78 is 7.21. The minimum atomic E-state index is 0.694. The molecule has 0 atom stereocenters. The van der Waals surface area contributed by atoms with Crippen LogP contribution in [-0.2, 0) is 0 Å². The zero-order chi connectivity index (χ0) is 29.5. The van der Waals surface area contributed by atoms with Gasteiger partial charge in [-0.25, -0.2) is 9.97 Å². The van der Waals surface area contributed by atoms with Crippen molar-refractivity contribution >= 4 is 85.0 Å². The highest BCUT2D eigenvalue weighted by atomic mass is 32.1. The van der Waals surface area contributed by atoms with Crippen LogP contribution in [0.3, 0.4) is 0 Å². The van der Waals surface area contributed by atoms with E-state index in [-0.39, 0.29) is 0 Å². The Labute approximate surface area is 266 Å². The molecule has 10 rings (SSSR count). The first-order valence-corrected chi connectivity index (χ1v) is 16.6. The van der Waals surface area contributed by atoms with Crippen molar-refractivity contribution in [1.82, 2.24) is 14.5 Å². The molecule has 0 N–H and O–H groups in total. The second kappa shape index (κ2) is 9.57. The first kappa shape index (κ1) is 25.0. The molecule has 4 heterocycles. The van der Waals surface area contributed by atoms with Gasteiger partial charge in [-0.15, -0.1) is 22.7 Å². The maximum Gasteiger partial charge on any atom is 0.235 e. The Balaban J connectivity index is 1.28. The van der Waals surface area contributed by atoms with E-state index in [2.05, 4.69) is 144 Å². The molecule has 0 radical (unpaired) electrons. The van der Waals surface area contributed by atoms with Gasteiger partial charge in [0, 0.05) is 46.6 Å². The van der Waals surface area contributed by atoms with Crippen LogP contribution in [0, 0.1) is 0 Å². The summed E-state index contributed by atoms with van der Waals surface area (Å²) >= 11 is 3.64. The first-order chi connectivity index (χ1) is 22.3. The molecule has 4 aromatic heterocycles. The number of hydrogen-bond donors (Lipinski definition) is 0. The van der Waals surface area contributed by atoms with E-state index in [1.165, 1.54) is 46.8 Å². The van der Waals surface area contributed by atoms with Gasteiger partial charge < -0.3 is 0 Å². The molecule has 0 saturated heterocycles. The van der Waals surface area contributed by atoms with Gasteiger partial charge in [-0.3, -0.25) is 4.57 Å². The largest absolute Gasteiger partial charge is 0.278 e. The summed E-state index contributed by atoms with van der Waals surface area (Å²) in [5.74, 6) is 0.694. The van der Waals surface area contributed by atoms with Crippen LogP contribution < -0.4 is 0 Å². The molecule has 0 unspecified atom stereocenters. The Morgan fingerprint density at radius 1 is 0.422 bits per heavy atom. The van der Waals surface area contributed by atoms with Gasteiger partial charge in [-0.1, -0.05) is 115 Å². The summed E-state index contributed by atoms with van der Waals surface area (Å²) in [5, 5.41) is 6.25. The van der Waals surface area contributed by atoms with E-state index in [9.17, 15) is 0 Å². The molecule has 10 aromatic rings. The SMILES string of the molecule is c1ccc(-c2ccc(-c3nc(-n4c5ccccc5c5c6sc7ccccc7c6ccc54)nc4c3sc3ccccc34)cc2)cc1. The normalized spacial score (nSPS) is 12.0. The molecule has 3 nitrogen and oxygen atoms in total. The monoisotopic (exact) mass is 609 g/mol. The van der Waals surface area contributed by atoms with Crippen molar-refractivity contribution in [3.63, 3.8) is 0 Å². The van der Waals surface area contributed by atoms with Gasteiger partial charge in [0.1, 0.15) is 0 Å². The molecule has 0 saturated carbocycles. The zero-order valence-corrected chi connectivity index (χ0v) is 25.6. The number of para-hydroxylation sites is 1. The van der Waals surface area contributed by atoms with E-state index in [1.807, 2.05) is 11.3 Å². The molecule has 0 fully saturated rings. The number of fused-ring (bicyclic) bond motifs is 10. The van der Waals surface area contributed by atoms with Crippen LogP contribution in [0.1, 0.15) is 0 Å². The van der Waals surface area contributed by atoms with Crippen LogP contribution >= 0.6 is 22.7 Å². The molecule has 0 aliphatic heterocycles. The highest BCUT2D eigenvalue weighted by Gasteiger charge is 2.21. The van der Waals surface area contributed by atoms with Crippen LogP contribution in [0.15, 0.2) is 140 Å². The van der Waals surface area contributed by atoms with E-state index >= 15 is 0 Å². The molecule has 0 spiro atoms. The smallest absolute Gasteiger partial charge is 0.235 e. The molecule has 210 valence electrons. The molecule has 0 amide bonds. The molecular formula is C40H23N3S2. The summed E-state index contributed by atoms with van der Waals surface area (Å²) in [6, 6.07) is 49.8.